The van der Waals surface area contributed by atoms with Gasteiger partial charge in [-0.25, -0.2) is 9.97 Å². The molecule has 0 saturated carbocycles. The standard InChI is InChI=1S/C8H6N4O2/c13-3-6-1-10-8(11-6)12-5-9-2-7(12)4-14/h1-5H,(H,10,11). The fourth-order valence-corrected chi connectivity index (χ4v) is 1.08. The highest BCUT2D eigenvalue weighted by molar-refractivity contribution is 5.73. The van der Waals surface area contributed by atoms with E-state index in [-0.39, 0.29) is 0 Å². The highest BCUT2D eigenvalue weighted by Gasteiger charge is 2.06. The molecule has 6 heteroatoms. The number of aromatic amines is 1. The summed E-state index contributed by atoms with van der Waals surface area (Å²) >= 11 is 0. The monoisotopic (exact) mass is 190 g/mol. The third-order valence-corrected chi connectivity index (χ3v) is 1.73. The van der Waals surface area contributed by atoms with Crippen molar-refractivity contribution in [3.8, 4) is 5.95 Å². The molecule has 2 heterocycles. The highest BCUT2D eigenvalue weighted by atomic mass is 16.1. The van der Waals surface area contributed by atoms with Gasteiger partial charge in [0.25, 0.3) is 0 Å². The van der Waals surface area contributed by atoms with E-state index < -0.39 is 0 Å². The van der Waals surface area contributed by atoms with Gasteiger partial charge < -0.3 is 4.98 Å². The van der Waals surface area contributed by atoms with Gasteiger partial charge in [-0.05, 0) is 0 Å². The van der Waals surface area contributed by atoms with Crippen LogP contribution in [0.3, 0.4) is 0 Å². The van der Waals surface area contributed by atoms with Crippen LogP contribution in [0.2, 0.25) is 0 Å². The number of aldehydes is 2. The summed E-state index contributed by atoms with van der Waals surface area (Å²) in [5.74, 6) is 0.395. The summed E-state index contributed by atoms with van der Waals surface area (Å²) in [6, 6.07) is 0. The fraction of sp³-hybridized carbons (Fsp3) is 0. The molecular formula is C8H6N4O2. The first-order chi connectivity index (χ1) is 6.85. The maximum Gasteiger partial charge on any atom is 0.213 e. The van der Waals surface area contributed by atoms with E-state index in [1.54, 1.807) is 0 Å². The molecule has 0 atom stereocenters. The van der Waals surface area contributed by atoms with Crippen LogP contribution in [-0.4, -0.2) is 32.1 Å². The predicted molar refractivity (Wildman–Crippen MR) is 46.5 cm³/mol. The van der Waals surface area contributed by atoms with E-state index in [1.807, 2.05) is 0 Å². The summed E-state index contributed by atoms with van der Waals surface area (Å²) < 4.78 is 1.46. The van der Waals surface area contributed by atoms with Crippen LogP contribution >= 0.6 is 0 Å². The number of carbonyl (C=O) groups is 2. The number of H-pyrrole nitrogens is 1. The van der Waals surface area contributed by atoms with Gasteiger partial charge in [0.1, 0.15) is 12.0 Å². The number of aromatic nitrogens is 4. The zero-order valence-electron chi connectivity index (χ0n) is 7.04. The minimum atomic E-state index is 0.352. The largest absolute Gasteiger partial charge is 0.321 e. The Balaban J connectivity index is 2.48. The van der Waals surface area contributed by atoms with Gasteiger partial charge >= 0.3 is 0 Å². The van der Waals surface area contributed by atoms with Crippen molar-refractivity contribution in [2.24, 2.45) is 0 Å². The van der Waals surface area contributed by atoms with E-state index in [0.717, 1.165) is 0 Å². The molecular weight excluding hydrogens is 184 g/mol. The number of hydrogen-bond acceptors (Lipinski definition) is 4. The van der Waals surface area contributed by atoms with Crippen molar-refractivity contribution in [1.82, 2.24) is 19.5 Å². The first-order valence-electron chi connectivity index (χ1n) is 3.83. The minimum absolute atomic E-state index is 0.352. The van der Waals surface area contributed by atoms with Crippen molar-refractivity contribution in [3.63, 3.8) is 0 Å². The lowest BCUT2D eigenvalue weighted by Gasteiger charge is -1.96. The molecule has 2 rings (SSSR count). The molecule has 0 aliphatic heterocycles. The van der Waals surface area contributed by atoms with Gasteiger partial charge in [0.15, 0.2) is 12.6 Å². The van der Waals surface area contributed by atoms with Crippen LogP contribution in [0.5, 0.6) is 0 Å². The van der Waals surface area contributed by atoms with E-state index in [1.165, 1.54) is 23.3 Å². The zero-order valence-corrected chi connectivity index (χ0v) is 7.04. The molecule has 2 aromatic rings. The highest BCUT2D eigenvalue weighted by Crippen LogP contribution is 2.04. The Morgan fingerprint density at radius 3 is 2.79 bits per heavy atom. The molecule has 0 unspecified atom stereocenters. The Morgan fingerprint density at radius 1 is 1.29 bits per heavy atom. The molecule has 0 aromatic carbocycles. The van der Waals surface area contributed by atoms with Crippen LogP contribution in [0.15, 0.2) is 18.7 Å². The summed E-state index contributed by atoms with van der Waals surface area (Å²) in [6.45, 7) is 0. The van der Waals surface area contributed by atoms with Crippen LogP contribution < -0.4 is 0 Å². The molecule has 0 aliphatic carbocycles. The second-order valence-corrected chi connectivity index (χ2v) is 2.59. The third kappa shape index (κ3) is 1.22. The van der Waals surface area contributed by atoms with Crippen LogP contribution in [-0.2, 0) is 0 Å². The Kier molecular flexibility index (Phi) is 1.94. The van der Waals surface area contributed by atoms with E-state index >= 15 is 0 Å². The first kappa shape index (κ1) is 8.36. The Bertz CT molecular complexity index is 471. The quantitative estimate of drug-likeness (QED) is 0.702. The fourth-order valence-electron chi connectivity index (χ4n) is 1.08. The number of imidazole rings is 2. The normalized spacial score (nSPS) is 10.0. The molecule has 0 spiro atoms. The average molecular weight is 190 g/mol. The topological polar surface area (TPSA) is 80.6 Å². The second kappa shape index (κ2) is 3.25. The van der Waals surface area contributed by atoms with Crippen molar-refractivity contribution in [1.29, 1.82) is 0 Å². The molecule has 0 saturated heterocycles. The smallest absolute Gasteiger partial charge is 0.213 e. The molecule has 0 aliphatic rings. The lowest BCUT2D eigenvalue weighted by atomic mass is 10.5. The zero-order chi connectivity index (χ0) is 9.97. The Hall–Kier alpha value is -2.24. The van der Waals surface area contributed by atoms with Crippen molar-refractivity contribution in [2.75, 3.05) is 0 Å². The van der Waals surface area contributed by atoms with E-state index in [2.05, 4.69) is 15.0 Å². The first-order valence-corrected chi connectivity index (χ1v) is 3.83. The van der Waals surface area contributed by atoms with Gasteiger partial charge in [-0.1, -0.05) is 0 Å². The Morgan fingerprint density at radius 2 is 2.14 bits per heavy atom. The van der Waals surface area contributed by atoms with Crippen LogP contribution in [0.1, 0.15) is 21.0 Å². The maximum atomic E-state index is 10.6. The lowest BCUT2D eigenvalue weighted by molar-refractivity contribution is 0.111. The molecule has 6 nitrogen and oxygen atoms in total. The summed E-state index contributed by atoms with van der Waals surface area (Å²) in [5, 5.41) is 0. The van der Waals surface area contributed by atoms with E-state index in [9.17, 15) is 9.59 Å². The maximum absolute atomic E-state index is 10.6. The molecule has 0 fully saturated rings. The van der Waals surface area contributed by atoms with Crippen molar-refractivity contribution in [2.45, 2.75) is 0 Å². The minimum Gasteiger partial charge on any atom is -0.321 e. The Labute approximate surface area is 78.6 Å². The van der Waals surface area contributed by atoms with Crippen molar-refractivity contribution in [3.05, 3.63) is 30.1 Å². The molecule has 0 bridgehead atoms. The summed E-state index contributed by atoms with van der Waals surface area (Å²) in [7, 11) is 0. The molecule has 14 heavy (non-hydrogen) atoms. The van der Waals surface area contributed by atoms with Gasteiger partial charge in [0.2, 0.25) is 5.95 Å². The van der Waals surface area contributed by atoms with E-state index in [4.69, 9.17) is 0 Å². The van der Waals surface area contributed by atoms with E-state index in [0.29, 0.717) is 29.9 Å². The van der Waals surface area contributed by atoms with Crippen molar-refractivity contribution >= 4 is 12.6 Å². The predicted octanol–water partition coefficient (Wildman–Crippen LogP) is 0.220. The van der Waals surface area contributed by atoms with Crippen LogP contribution in [0.25, 0.3) is 5.95 Å². The summed E-state index contributed by atoms with van der Waals surface area (Å²) in [5.41, 5.74) is 0.724. The number of carbonyl (C=O) groups excluding carboxylic acids is 2. The number of nitrogens with zero attached hydrogens (tertiary/aromatic N) is 3. The average Bonchev–Trinajstić information content (AvgIpc) is 2.85. The molecule has 70 valence electrons. The summed E-state index contributed by atoms with van der Waals surface area (Å²) in [4.78, 5) is 31.4. The summed E-state index contributed by atoms with van der Waals surface area (Å²) in [6.07, 6.45) is 5.55. The van der Waals surface area contributed by atoms with Gasteiger partial charge in [-0.3, -0.25) is 14.2 Å². The molecule has 1 N–H and O–H groups in total. The molecule has 0 radical (unpaired) electrons. The van der Waals surface area contributed by atoms with Gasteiger partial charge in [-0.15, -0.1) is 0 Å². The number of rotatable bonds is 3. The van der Waals surface area contributed by atoms with Crippen molar-refractivity contribution < 1.29 is 9.59 Å². The van der Waals surface area contributed by atoms with Gasteiger partial charge in [-0.2, -0.15) is 0 Å². The van der Waals surface area contributed by atoms with Crippen LogP contribution in [0, 0.1) is 0 Å². The van der Waals surface area contributed by atoms with Gasteiger partial charge in [0.05, 0.1) is 18.1 Å². The number of hydrogen-bond donors (Lipinski definition) is 1. The number of nitrogens with one attached hydrogen (secondary N) is 1. The third-order valence-electron chi connectivity index (χ3n) is 1.73. The van der Waals surface area contributed by atoms with Gasteiger partial charge in [0, 0.05) is 0 Å². The SMILES string of the molecule is O=Cc1cnc(-n2cncc2C=O)[nH]1. The second-order valence-electron chi connectivity index (χ2n) is 2.59. The molecule has 0 amide bonds. The lowest BCUT2D eigenvalue weighted by Crippen LogP contribution is -1.99. The molecule has 2 aromatic heterocycles. The van der Waals surface area contributed by atoms with Crippen LogP contribution in [0.4, 0.5) is 0 Å².